The summed E-state index contributed by atoms with van der Waals surface area (Å²) in [6, 6.07) is 13.3. The summed E-state index contributed by atoms with van der Waals surface area (Å²) in [5, 5.41) is 23.7. The highest BCUT2D eigenvalue weighted by atomic mass is 32.2. The normalized spacial score (nSPS) is 12.2. The second-order valence-electron chi connectivity index (χ2n) is 8.33. The quantitative estimate of drug-likeness (QED) is 0.204. The lowest BCUT2D eigenvalue weighted by molar-refractivity contribution is -0.134. The summed E-state index contributed by atoms with van der Waals surface area (Å²) >= 11 is 0.953. The number of alkyl carbamates (subject to hydrolysis) is 1. The molecule has 0 bridgehead atoms. The SMILES string of the molecule is NCCCC[C@H](NC(=O)[C@H](Cc1ccc(O)cc1)NC(=O)OCc1ccccc1)C(=O)CSCC(=O)O. The van der Waals surface area contributed by atoms with Gasteiger partial charge in [0.2, 0.25) is 5.91 Å². The number of amides is 2. The molecule has 0 spiro atoms. The van der Waals surface area contributed by atoms with Gasteiger partial charge in [-0.1, -0.05) is 42.5 Å². The molecule has 2 aromatic carbocycles. The highest BCUT2D eigenvalue weighted by molar-refractivity contribution is 8.00. The van der Waals surface area contributed by atoms with Gasteiger partial charge in [0.25, 0.3) is 0 Å². The number of Topliss-reactive ketones (excluding diaryl/α,β-unsaturated/α-hetero) is 1. The Bertz CT molecular complexity index is 1020. The van der Waals surface area contributed by atoms with E-state index in [1.807, 2.05) is 18.2 Å². The summed E-state index contributed by atoms with van der Waals surface area (Å²) in [6.45, 7) is 0.447. The lowest BCUT2D eigenvalue weighted by Gasteiger charge is -2.23. The number of aromatic hydroxyl groups is 1. The van der Waals surface area contributed by atoms with Crippen molar-refractivity contribution in [1.82, 2.24) is 10.6 Å². The third-order valence-electron chi connectivity index (χ3n) is 5.32. The first-order chi connectivity index (χ1) is 17.8. The minimum absolute atomic E-state index is 0.0151. The number of aliphatic carboxylic acids is 1. The van der Waals surface area contributed by atoms with Crippen molar-refractivity contribution in [3.63, 3.8) is 0 Å². The van der Waals surface area contributed by atoms with Gasteiger partial charge in [0.05, 0.1) is 17.5 Å². The molecule has 0 heterocycles. The number of phenols is 1. The largest absolute Gasteiger partial charge is 0.508 e. The van der Waals surface area contributed by atoms with E-state index in [0.717, 1.165) is 17.3 Å². The number of carbonyl (C=O) groups excluding carboxylic acids is 3. The fraction of sp³-hybridized carbons (Fsp3) is 0.385. The number of hydrogen-bond donors (Lipinski definition) is 5. The van der Waals surface area contributed by atoms with E-state index in [9.17, 15) is 24.3 Å². The molecule has 0 aromatic heterocycles. The molecule has 0 fully saturated rings. The first kappa shape index (κ1) is 29.7. The average Bonchev–Trinajstić information content (AvgIpc) is 2.88. The van der Waals surface area contributed by atoms with Crippen molar-refractivity contribution in [2.45, 2.75) is 44.4 Å². The number of thioether (sulfide) groups is 1. The minimum atomic E-state index is -1.07. The average molecular weight is 532 g/mol. The van der Waals surface area contributed by atoms with Crippen molar-refractivity contribution in [2.75, 3.05) is 18.1 Å². The van der Waals surface area contributed by atoms with Crippen LogP contribution in [0.5, 0.6) is 5.75 Å². The molecule has 37 heavy (non-hydrogen) atoms. The zero-order valence-electron chi connectivity index (χ0n) is 20.4. The highest BCUT2D eigenvalue weighted by Gasteiger charge is 2.27. The number of ether oxygens (including phenoxy) is 1. The number of nitrogens with one attached hydrogen (secondary N) is 2. The van der Waals surface area contributed by atoms with Crippen molar-refractivity contribution in [3.8, 4) is 5.75 Å². The topological polar surface area (TPSA) is 168 Å². The van der Waals surface area contributed by atoms with E-state index in [1.54, 1.807) is 24.3 Å². The number of phenolic OH excluding ortho intramolecular Hbond substituents is 1. The van der Waals surface area contributed by atoms with E-state index >= 15 is 0 Å². The van der Waals surface area contributed by atoms with Crippen LogP contribution in [0.3, 0.4) is 0 Å². The standard InChI is InChI=1S/C26H33N3O7S/c27-13-5-4-8-21(23(31)16-37-17-24(32)33)28-25(34)22(14-18-9-11-20(30)12-10-18)29-26(35)36-15-19-6-2-1-3-7-19/h1-3,6-7,9-12,21-22,30H,4-5,8,13-17,27H2,(H,28,34)(H,29,35)(H,32,33)/t21-,22-/m0/s1. The van der Waals surface area contributed by atoms with E-state index in [0.29, 0.717) is 31.4 Å². The van der Waals surface area contributed by atoms with Gasteiger partial charge in [0.1, 0.15) is 18.4 Å². The van der Waals surface area contributed by atoms with Crippen LogP contribution in [0.1, 0.15) is 30.4 Å². The van der Waals surface area contributed by atoms with E-state index in [2.05, 4.69) is 10.6 Å². The van der Waals surface area contributed by atoms with Crippen LogP contribution in [-0.2, 0) is 32.1 Å². The summed E-state index contributed by atoms with van der Waals surface area (Å²) < 4.78 is 5.26. The summed E-state index contributed by atoms with van der Waals surface area (Å²) in [6.07, 6.45) is 0.865. The predicted molar refractivity (Wildman–Crippen MR) is 140 cm³/mol. The van der Waals surface area contributed by atoms with Gasteiger partial charge in [-0.25, -0.2) is 4.79 Å². The number of carboxylic acid groups (broad SMARTS) is 1. The Kier molecular flexibility index (Phi) is 13.0. The molecule has 0 unspecified atom stereocenters. The van der Waals surface area contributed by atoms with Gasteiger partial charge in [0, 0.05) is 6.42 Å². The highest BCUT2D eigenvalue weighted by Crippen LogP contribution is 2.13. The molecule has 0 aliphatic heterocycles. The Morgan fingerprint density at radius 1 is 0.892 bits per heavy atom. The van der Waals surface area contributed by atoms with Crippen molar-refractivity contribution >= 4 is 35.5 Å². The summed E-state index contributed by atoms with van der Waals surface area (Å²) in [5.41, 5.74) is 7.00. The van der Waals surface area contributed by atoms with Crippen LogP contribution in [0.25, 0.3) is 0 Å². The number of unbranched alkanes of at least 4 members (excludes halogenated alkanes) is 1. The molecule has 11 heteroatoms. The van der Waals surface area contributed by atoms with E-state index in [1.165, 1.54) is 12.1 Å². The van der Waals surface area contributed by atoms with Gasteiger partial charge in [-0.15, -0.1) is 11.8 Å². The molecule has 200 valence electrons. The Labute approximate surface area is 220 Å². The van der Waals surface area contributed by atoms with E-state index < -0.39 is 30.1 Å². The fourth-order valence-electron chi connectivity index (χ4n) is 3.40. The van der Waals surface area contributed by atoms with Gasteiger partial charge < -0.3 is 31.3 Å². The van der Waals surface area contributed by atoms with Gasteiger partial charge in [0.15, 0.2) is 5.78 Å². The second-order valence-corrected chi connectivity index (χ2v) is 9.31. The predicted octanol–water partition coefficient (Wildman–Crippen LogP) is 2.23. The third kappa shape index (κ3) is 11.8. The Hall–Kier alpha value is -3.57. The Morgan fingerprint density at radius 3 is 2.24 bits per heavy atom. The maximum atomic E-state index is 13.2. The van der Waals surface area contributed by atoms with Crippen LogP contribution < -0.4 is 16.4 Å². The second kappa shape index (κ2) is 16.2. The van der Waals surface area contributed by atoms with Crippen molar-refractivity contribution in [2.24, 2.45) is 5.73 Å². The van der Waals surface area contributed by atoms with Gasteiger partial charge in [-0.3, -0.25) is 14.4 Å². The van der Waals surface area contributed by atoms with Crippen LogP contribution in [-0.4, -0.2) is 64.1 Å². The Morgan fingerprint density at radius 2 is 1.59 bits per heavy atom. The van der Waals surface area contributed by atoms with Gasteiger partial charge in [-0.05, 0) is 49.1 Å². The molecule has 10 nitrogen and oxygen atoms in total. The summed E-state index contributed by atoms with van der Waals surface area (Å²) in [5.74, 6) is -2.17. The van der Waals surface area contributed by atoms with Gasteiger partial charge >= 0.3 is 12.1 Å². The molecule has 2 atom stereocenters. The van der Waals surface area contributed by atoms with Crippen LogP contribution in [0.15, 0.2) is 54.6 Å². The Balaban J connectivity index is 2.10. The summed E-state index contributed by atoms with van der Waals surface area (Å²) in [7, 11) is 0. The monoisotopic (exact) mass is 531 g/mol. The summed E-state index contributed by atoms with van der Waals surface area (Å²) in [4.78, 5) is 49.3. The molecule has 2 rings (SSSR count). The third-order valence-corrected chi connectivity index (χ3v) is 6.26. The number of carboxylic acids is 1. The number of benzene rings is 2. The lowest BCUT2D eigenvalue weighted by atomic mass is 10.0. The molecular formula is C26H33N3O7S. The molecule has 6 N–H and O–H groups in total. The van der Waals surface area contributed by atoms with Crippen LogP contribution >= 0.6 is 11.8 Å². The zero-order valence-corrected chi connectivity index (χ0v) is 21.2. The molecule has 0 radical (unpaired) electrons. The number of nitrogens with two attached hydrogens (primary N) is 1. The molecule has 0 saturated carbocycles. The molecular weight excluding hydrogens is 498 g/mol. The van der Waals surface area contributed by atoms with Crippen LogP contribution in [0.2, 0.25) is 0 Å². The number of hydrogen-bond acceptors (Lipinski definition) is 8. The molecule has 0 aliphatic carbocycles. The fourth-order valence-corrected chi connectivity index (χ4v) is 4.08. The van der Waals surface area contributed by atoms with Crippen LogP contribution in [0.4, 0.5) is 4.79 Å². The maximum Gasteiger partial charge on any atom is 0.408 e. The number of ketones is 1. The minimum Gasteiger partial charge on any atom is -0.508 e. The van der Waals surface area contributed by atoms with E-state index in [-0.39, 0.29) is 36.1 Å². The number of carbonyl (C=O) groups is 4. The smallest absolute Gasteiger partial charge is 0.408 e. The lowest BCUT2D eigenvalue weighted by Crippen LogP contribution is -2.52. The van der Waals surface area contributed by atoms with Gasteiger partial charge in [-0.2, -0.15) is 0 Å². The van der Waals surface area contributed by atoms with E-state index in [4.69, 9.17) is 15.6 Å². The molecule has 2 aromatic rings. The molecule has 0 aliphatic rings. The maximum absolute atomic E-state index is 13.2. The van der Waals surface area contributed by atoms with Crippen molar-refractivity contribution < 1.29 is 34.1 Å². The first-order valence-electron chi connectivity index (χ1n) is 11.9. The zero-order chi connectivity index (χ0) is 27.0. The first-order valence-corrected chi connectivity index (χ1v) is 13.0. The number of rotatable bonds is 16. The van der Waals surface area contributed by atoms with Crippen LogP contribution in [0, 0.1) is 0 Å². The molecule has 0 saturated heterocycles. The molecule has 2 amide bonds. The van der Waals surface area contributed by atoms with Crippen molar-refractivity contribution in [3.05, 3.63) is 65.7 Å². The van der Waals surface area contributed by atoms with Crippen molar-refractivity contribution in [1.29, 1.82) is 0 Å².